The summed E-state index contributed by atoms with van der Waals surface area (Å²) in [5, 5.41) is 5.25. The highest BCUT2D eigenvalue weighted by Crippen LogP contribution is 2.31. The zero-order valence-corrected chi connectivity index (χ0v) is 19.4. The lowest BCUT2D eigenvalue weighted by Gasteiger charge is -2.12. The van der Waals surface area contributed by atoms with Crippen LogP contribution in [0.5, 0.6) is 11.5 Å². The summed E-state index contributed by atoms with van der Waals surface area (Å²) < 4.78 is 12.5. The maximum absolute atomic E-state index is 13.2. The second-order valence-corrected chi connectivity index (χ2v) is 8.22. The fourth-order valence-corrected chi connectivity index (χ4v) is 4.35. The van der Waals surface area contributed by atoms with Crippen molar-refractivity contribution >= 4 is 33.1 Å². The van der Waals surface area contributed by atoms with Crippen molar-refractivity contribution in [1.29, 1.82) is 0 Å². The molecule has 0 aliphatic rings. The predicted octanol–water partition coefficient (Wildman–Crippen LogP) is 4.95. The number of hydrogen-bond donors (Lipinski definition) is 1. The van der Waals surface area contributed by atoms with Gasteiger partial charge in [0.05, 0.1) is 30.6 Å². The highest BCUT2D eigenvalue weighted by molar-refractivity contribution is 7.17. The fraction of sp³-hybridized carbons (Fsp3) is 0.240. The smallest absolute Gasteiger partial charge is 0.263 e. The minimum absolute atomic E-state index is 0.151. The van der Waals surface area contributed by atoms with E-state index in [0.29, 0.717) is 34.9 Å². The van der Waals surface area contributed by atoms with Gasteiger partial charge in [0.2, 0.25) is 5.91 Å². The van der Waals surface area contributed by atoms with E-state index < -0.39 is 0 Å². The van der Waals surface area contributed by atoms with Crippen LogP contribution in [0.15, 0.2) is 65.0 Å². The van der Waals surface area contributed by atoms with Crippen molar-refractivity contribution < 1.29 is 14.3 Å². The van der Waals surface area contributed by atoms with E-state index in [-0.39, 0.29) is 18.0 Å². The van der Waals surface area contributed by atoms with E-state index in [2.05, 4.69) is 17.2 Å². The lowest BCUT2D eigenvalue weighted by Crippen LogP contribution is -2.28. The molecule has 0 bridgehead atoms. The molecular formula is C25H25N3O4S. The molecule has 4 aromatic rings. The van der Waals surface area contributed by atoms with Crippen LogP contribution < -0.4 is 20.3 Å². The molecule has 0 fully saturated rings. The Morgan fingerprint density at radius 1 is 1.09 bits per heavy atom. The van der Waals surface area contributed by atoms with Crippen molar-refractivity contribution in [3.8, 4) is 22.6 Å². The standard InChI is InChI=1S/C25H25N3O4S/c1-3-13-32-18-11-9-17(10-12-18)19-15-33-24-23(19)25(30)28(16-26-24)14-22(29)27-20-7-5-6-8-21(20)31-4-2/h5-12,15-16H,3-4,13-14H2,1-2H3,(H,27,29). The van der Waals surface area contributed by atoms with Gasteiger partial charge in [-0.3, -0.25) is 14.2 Å². The minimum Gasteiger partial charge on any atom is -0.494 e. The number of aromatic nitrogens is 2. The molecule has 2 aromatic heterocycles. The van der Waals surface area contributed by atoms with Crippen LogP contribution in [0.1, 0.15) is 20.3 Å². The van der Waals surface area contributed by atoms with Gasteiger partial charge in [0.25, 0.3) is 5.56 Å². The number of hydrogen-bond acceptors (Lipinski definition) is 6. The molecule has 33 heavy (non-hydrogen) atoms. The van der Waals surface area contributed by atoms with Crippen LogP contribution in [0.25, 0.3) is 21.3 Å². The summed E-state index contributed by atoms with van der Waals surface area (Å²) in [5.74, 6) is 1.04. The first kappa shape index (κ1) is 22.5. The largest absolute Gasteiger partial charge is 0.494 e. The number of benzene rings is 2. The minimum atomic E-state index is -0.334. The molecule has 0 aliphatic carbocycles. The lowest BCUT2D eigenvalue weighted by atomic mass is 10.1. The van der Waals surface area contributed by atoms with Crippen molar-refractivity contribution in [1.82, 2.24) is 9.55 Å². The van der Waals surface area contributed by atoms with Crippen LogP contribution >= 0.6 is 11.3 Å². The van der Waals surface area contributed by atoms with Gasteiger partial charge in [-0.2, -0.15) is 0 Å². The molecule has 0 unspecified atom stereocenters. The third-order valence-corrected chi connectivity index (χ3v) is 5.86. The van der Waals surface area contributed by atoms with E-state index in [1.54, 1.807) is 12.1 Å². The summed E-state index contributed by atoms with van der Waals surface area (Å²) in [4.78, 5) is 31.0. The Labute approximate surface area is 195 Å². The van der Waals surface area contributed by atoms with Crippen molar-refractivity contribution in [2.75, 3.05) is 18.5 Å². The number of para-hydroxylation sites is 2. The number of rotatable bonds is 9. The highest BCUT2D eigenvalue weighted by atomic mass is 32.1. The number of nitrogens with one attached hydrogen (secondary N) is 1. The molecule has 0 saturated carbocycles. The van der Waals surface area contributed by atoms with E-state index in [1.165, 1.54) is 22.2 Å². The third-order valence-electron chi connectivity index (χ3n) is 4.97. The maximum atomic E-state index is 13.2. The summed E-state index contributed by atoms with van der Waals surface area (Å²) in [5.41, 5.74) is 2.01. The summed E-state index contributed by atoms with van der Waals surface area (Å²) in [6.45, 7) is 4.93. The molecule has 0 atom stereocenters. The predicted molar refractivity (Wildman–Crippen MR) is 131 cm³/mol. The number of amides is 1. The molecule has 170 valence electrons. The summed E-state index contributed by atoms with van der Waals surface area (Å²) in [6.07, 6.45) is 2.35. The molecule has 0 saturated heterocycles. The van der Waals surface area contributed by atoms with E-state index in [1.807, 2.05) is 48.7 Å². The van der Waals surface area contributed by atoms with Gasteiger partial charge >= 0.3 is 0 Å². The topological polar surface area (TPSA) is 82.5 Å². The number of nitrogens with zero attached hydrogens (tertiary/aromatic N) is 2. The van der Waals surface area contributed by atoms with Gasteiger partial charge in [-0.15, -0.1) is 11.3 Å². The Kier molecular flexibility index (Phi) is 7.04. The molecule has 1 N–H and O–H groups in total. The Hall–Kier alpha value is -3.65. The number of carbonyl (C=O) groups excluding carboxylic acids is 1. The quantitative estimate of drug-likeness (QED) is 0.380. The number of carbonyl (C=O) groups is 1. The monoisotopic (exact) mass is 463 g/mol. The zero-order valence-electron chi connectivity index (χ0n) is 18.5. The van der Waals surface area contributed by atoms with Crippen LogP contribution in [-0.4, -0.2) is 28.7 Å². The molecule has 0 spiro atoms. The molecule has 4 rings (SSSR count). The average molecular weight is 464 g/mol. The van der Waals surface area contributed by atoms with Gasteiger partial charge in [-0.25, -0.2) is 4.98 Å². The van der Waals surface area contributed by atoms with Gasteiger partial charge in [0, 0.05) is 10.9 Å². The Morgan fingerprint density at radius 3 is 2.64 bits per heavy atom. The lowest BCUT2D eigenvalue weighted by molar-refractivity contribution is -0.116. The second kappa shape index (κ2) is 10.3. The van der Waals surface area contributed by atoms with Gasteiger partial charge in [-0.05, 0) is 43.2 Å². The van der Waals surface area contributed by atoms with Gasteiger partial charge in [0.15, 0.2) is 0 Å². The van der Waals surface area contributed by atoms with E-state index in [9.17, 15) is 9.59 Å². The number of fused-ring (bicyclic) bond motifs is 1. The second-order valence-electron chi connectivity index (χ2n) is 7.36. The first-order valence-corrected chi connectivity index (χ1v) is 11.7. The number of ether oxygens (including phenoxy) is 2. The van der Waals surface area contributed by atoms with Crippen LogP contribution in [0.3, 0.4) is 0 Å². The maximum Gasteiger partial charge on any atom is 0.263 e. The van der Waals surface area contributed by atoms with Gasteiger partial charge < -0.3 is 14.8 Å². The Balaban J connectivity index is 1.58. The zero-order chi connectivity index (χ0) is 23.2. The van der Waals surface area contributed by atoms with Crippen molar-refractivity contribution in [2.45, 2.75) is 26.8 Å². The Morgan fingerprint density at radius 2 is 1.88 bits per heavy atom. The van der Waals surface area contributed by atoms with E-state index in [0.717, 1.165) is 23.3 Å². The van der Waals surface area contributed by atoms with Gasteiger partial charge in [0.1, 0.15) is 22.9 Å². The SMILES string of the molecule is CCCOc1ccc(-c2csc3ncn(CC(=O)Nc4ccccc4OCC)c(=O)c23)cc1. The first-order valence-electron chi connectivity index (χ1n) is 10.8. The molecule has 1 amide bonds. The number of anilines is 1. The molecule has 0 aliphatic heterocycles. The van der Waals surface area contributed by atoms with Crippen molar-refractivity contribution in [3.05, 3.63) is 70.6 Å². The first-order chi connectivity index (χ1) is 16.1. The molecule has 2 heterocycles. The normalized spacial score (nSPS) is 10.8. The van der Waals surface area contributed by atoms with Crippen molar-refractivity contribution in [3.63, 3.8) is 0 Å². The highest BCUT2D eigenvalue weighted by Gasteiger charge is 2.15. The third kappa shape index (κ3) is 5.06. The van der Waals surface area contributed by atoms with Crippen molar-refractivity contribution in [2.24, 2.45) is 0 Å². The molecule has 0 radical (unpaired) electrons. The molecule has 7 nitrogen and oxygen atoms in total. The van der Waals surface area contributed by atoms with Crippen LogP contribution in [0.4, 0.5) is 5.69 Å². The summed E-state index contributed by atoms with van der Waals surface area (Å²) in [6, 6.07) is 14.9. The molecular weight excluding hydrogens is 438 g/mol. The summed E-state index contributed by atoms with van der Waals surface area (Å²) >= 11 is 1.41. The average Bonchev–Trinajstić information content (AvgIpc) is 3.26. The van der Waals surface area contributed by atoms with E-state index in [4.69, 9.17) is 9.47 Å². The van der Waals surface area contributed by atoms with Crippen LogP contribution in [-0.2, 0) is 11.3 Å². The van der Waals surface area contributed by atoms with E-state index >= 15 is 0 Å². The fourth-order valence-electron chi connectivity index (χ4n) is 3.44. The van der Waals surface area contributed by atoms with Gasteiger partial charge in [-0.1, -0.05) is 31.2 Å². The van der Waals surface area contributed by atoms with Crippen LogP contribution in [0, 0.1) is 0 Å². The Bertz CT molecular complexity index is 1310. The molecule has 8 heteroatoms. The number of thiophene rings is 1. The molecule has 2 aromatic carbocycles. The summed E-state index contributed by atoms with van der Waals surface area (Å²) in [7, 11) is 0. The van der Waals surface area contributed by atoms with Crippen LogP contribution in [0.2, 0.25) is 0 Å².